The predicted molar refractivity (Wildman–Crippen MR) is 101 cm³/mol. The lowest BCUT2D eigenvalue weighted by molar-refractivity contribution is -0.123. The van der Waals surface area contributed by atoms with E-state index in [-0.39, 0.29) is 22.1 Å². The molecule has 2 atom stereocenters. The number of aromatic nitrogens is 1. The summed E-state index contributed by atoms with van der Waals surface area (Å²) in [6.45, 7) is 2.68. The van der Waals surface area contributed by atoms with Gasteiger partial charge in [0.05, 0.1) is 4.90 Å². The van der Waals surface area contributed by atoms with Crippen LogP contribution in [0.15, 0.2) is 47.6 Å². The number of sulfonamides is 1. The summed E-state index contributed by atoms with van der Waals surface area (Å²) >= 11 is 0. The topological polar surface area (TPSA) is 79.4 Å². The van der Waals surface area contributed by atoms with Crippen LogP contribution in [0.25, 0.3) is 0 Å². The second-order valence-corrected chi connectivity index (χ2v) is 9.63. The average Bonchev–Trinajstić information content (AvgIpc) is 3.21. The van der Waals surface area contributed by atoms with Gasteiger partial charge in [0, 0.05) is 37.9 Å². The molecule has 148 valence electrons. The standard InChI is InChI=1S/C20H22FN3O3S/c1-14-2-3-16(10-18(14)21)28(26,27)24-9-6-20(13-24)11-17(20)19(25)23-12-15-4-7-22-8-5-15/h2-5,7-8,10,17H,6,9,11-13H2,1H3,(H,23,25). The molecule has 1 amide bonds. The van der Waals surface area contributed by atoms with Crippen LogP contribution < -0.4 is 5.32 Å². The van der Waals surface area contributed by atoms with Gasteiger partial charge < -0.3 is 5.32 Å². The number of benzene rings is 1. The van der Waals surface area contributed by atoms with Gasteiger partial charge in [0.1, 0.15) is 5.82 Å². The third-order valence-corrected chi connectivity index (χ3v) is 7.69. The largest absolute Gasteiger partial charge is 0.352 e. The number of hydrogen-bond donors (Lipinski definition) is 1. The zero-order chi connectivity index (χ0) is 19.9. The highest BCUT2D eigenvalue weighted by molar-refractivity contribution is 7.89. The Morgan fingerprint density at radius 3 is 2.79 bits per heavy atom. The van der Waals surface area contributed by atoms with Crippen molar-refractivity contribution < 1.29 is 17.6 Å². The summed E-state index contributed by atoms with van der Waals surface area (Å²) in [4.78, 5) is 16.4. The van der Waals surface area contributed by atoms with Crippen LogP contribution in [0, 0.1) is 24.1 Å². The van der Waals surface area contributed by atoms with Crippen molar-refractivity contribution in [1.29, 1.82) is 0 Å². The summed E-state index contributed by atoms with van der Waals surface area (Å²) in [6, 6.07) is 7.66. The predicted octanol–water partition coefficient (Wildman–Crippen LogP) is 2.25. The van der Waals surface area contributed by atoms with Crippen molar-refractivity contribution in [3.8, 4) is 0 Å². The fourth-order valence-electron chi connectivity index (χ4n) is 3.93. The Labute approximate surface area is 163 Å². The highest BCUT2D eigenvalue weighted by Crippen LogP contribution is 2.59. The number of carbonyl (C=O) groups excluding carboxylic acids is 1. The van der Waals surface area contributed by atoms with Gasteiger partial charge in [-0.2, -0.15) is 4.31 Å². The van der Waals surface area contributed by atoms with E-state index in [9.17, 15) is 17.6 Å². The minimum Gasteiger partial charge on any atom is -0.352 e. The van der Waals surface area contributed by atoms with E-state index in [2.05, 4.69) is 10.3 Å². The Morgan fingerprint density at radius 1 is 1.32 bits per heavy atom. The van der Waals surface area contributed by atoms with Crippen molar-refractivity contribution in [2.75, 3.05) is 13.1 Å². The van der Waals surface area contributed by atoms with E-state index in [1.807, 2.05) is 12.1 Å². The van der Waals surface area contributed by atoms with Crippen molar-refractivity contribution in [2.24, 2.45) is 11.3 Å². The van der Waals surface area contributed by atoms with Gasteiger partial charge in [0.15, 0.2) is 0 Å². The Balaban J connectivity index is 1.40. The smallest absolute Gasteiger partial charge is 0.243 e. The number of aryl methyl sites for hydroxylation is 1. The molecule has 1 saturated heterocycles. The molecule has 1 aliphatic heterocycles. The molecular formula is C20H22FN3O3S. The molecule has 2 aromatic rings. The van der Waals surface area contributed by atoms with E-state index in [1.54, 1.807) is 19.3 Å². The minimum absolute atomic E-state index is 0.0352. The minimum atomic E-state index is -3.76. The second kappa shape index (κ2) is 6.93. The van der Waals surface area contributed by atoms with Crippen LogP contribution in [0.5, 0.6) is 0 Å². The highest BCUT2D eigenvalue weighted by Gasteiger charge is 2.62. The first-order valence-corrected chi connectivity index (χ1v) is 10.7. The fourth-order valence-corrected chi connectivity index (χ4v) is 5.48. The molecule has 1 N–H and O–H groups in total. The number of nitrogens with one attached hydrogen (secondary N) is 1. The van der Waals surface area contributed by atoms with Gasteiger partial charge in [0.2, 0.25) is 15.9 Å². The molecule has 1 aromatic heterocycles. The lowest BCUT2D eigenvalue weighted by atomic mass is 10.0. The number of rotatable bonds is 5. The maximum absolute atomic E-state index is 13.8. The Bertz CT molecular complexity index is 1010. The van der Waals surface area contributed by atoms with Crippen molar-refractivity contribution >= 4 is 15.9 Å². The van der Waals surface area contributed by atoms with Crippen molar-refractivity contribution in [3.05, 3.63) is 59.7 Å². The number of halogens is 1. The van der Waals surface area contributed by atoms with Gasteiger partial charge in [-0.3, -0.25) is 9.78 Å². The van der Waals surface area contributed by atoms with E-state index in [4.69, 9.17) is 0 Å². The first kappa shape index (κ1) is 19.0. The summed E-state index contributed by atoms with van der Waals surface area (Å²) in [5.74, 6) is -0.753. The summed E-state index contributed by atoms with van der Waals surface area (Å²) in [7, 11) is -3.76. The van der Waals surface area contributed by atoms with Crippen LogP contribution in [0.2, 0.25) is 0 Å². The Morgan fingerprint density at radius 2 is 2.07 bits per heavy atom. The maximum Gasteiger partial charge on any atom is 0.243 e. The van der Waals surface area contributed by atoms with E-state index < -0.39 is 15.8 Å². The van der Waals surface area contributed by atoms with Gasteiger partial charge in [-0.1, -0.05) is 6.07 Å². The van der Waals surface area contributed by atoms with E-state index in [0.717, 1.165) is 11.6 Å². The lowest BCUT2D eigenvalue weighted by Gasteiger charge is -2.17. The number of nitrogens with zero attached hydrogens (tertiary/aromatic N) is 2. The number of carbonyl (C=O) groups is 1. The summed E-state index contributed by atoms with van der Waals surface area (Å²) in [5, 5.41) is 2.93. The molecule has 1 aliphatic carbocycles. The van der Waals surface area contributed by atoms with Crippen LogP contribution in [0.3, 0.4) is 0 Å². The summed E-state index contributed by atoms with van der Waals surface area (Å²) in [5.41, 5.74) is 1.08. The average molecular weight is 403 g/mol. The lowest BCUT2D eigenvalue weighted by Crippen LogP contribution is -2.31. The molecule has 1 aromatic carbocycles. The molecule has 1 spiro atoms. The van der Waals surface area contributed by atoms with Crippen LogP contribution in [0.1, 0.15) is 24.0 Å². The summed E-state index contributed by atoms with van der Waals surface area (Å²) in [6.07, 6.45) is 4.68. The number of hydrogen-bond acceptors (Lipinski definition) is 4. The molecule has 2 heterocycles. The van der Waals surface area contributed by atoms with Gasteiger partial charge in [-0.25, -0.2) is 12.8 Å². The molecule has 8 heteroatoms. The molecule has 1 saturated carbocycles. The molecule has 0 radical (unpaired) electrons. The molecule has 0 bridgehead atoms. The molecular weight excluding hydrogens is 381 g/mol. The molecule has 28 heavy (non-hydrogen) atoms. The number of pyridine rings is 1. The number of amides is 1. The van der Waals surface area contributed by atoms with E-state index >= 15 is 0 Å². The van der Waals surface area contributed by atoms with Gasteiger partial charge in [-0.15, -0.1) is 0 Å². The zero-order valence-electron chi connectivity index (χ0n) is 15.6. The van der Waals surface area contributed by atoms with Crippen LogP contribution in [-0.4, -0.2) is 36.7 Å². The maximum atomic E-state index is 13.8. The van der Waals surface area contributed by atoms with Crippen LogP contribution >= 0.6 is 0 Å². The third kappa shape index (κ3) is 3.42. The second-order valence-electron chi connectivity index (χ2n) is 7.69. The molecule has 4 rings (SSSR count). The van der Waals surface area contributed by atoms with Crippen LogP contribution in [0.4, 0.5) is 4.39 Å². The first-order valence-electron chi connectivity index (χ1n) is 9.25. The fraction of sp³-hybridized carbons (Fsp3) is 0.400. The molecule has 6 nitrogen and oxygen atoms in total. The SMILES string of the molecule is Cc1ccc(S(=O)(=O)N2CCC3(CC3C(=O)NCc3ccncc3)C2)cc1F. The van der Waals surface area contributed by atoms with Gasteiger partial charge in [0.25, 0.3) is 0 Å². The first-order chi connectivity index (χ1) is 13.3. The normalized spacial score (nSPS) is 24.4. The Kier molecular flexibility index (Phi) is 4.71. The van der Waals surface area contributed by atoms with Gasteiger partial charge >= 0.3 is 0 Å². The zero-order valence-corrected chi connectivity index (χ0v) is 16.4. The van der Waals surface area contributed by atoms with E-state index in [1.165, 1.54) is 16.4 Å². The molecule has 2 aliphatic rings. The molecule has 2 fully saturated rings. The summed E-state index contributed by atoms with van der Waals surface area (Å²) < 4.78 is 40.9. The third-order valence-electron chi connectivity index (χ3n) is 5.85. The highest BCUT2D eigenvalue weighted by atomic mass is 32.2. The Hall–Kier alpha value is -2.32. The van der Waals surface area contributed by atoms with Crippen LogP contribution in [-0.2, 0) is 21.4 Å². The van der Waals surface area contributed by atoms with Crippen molar-refractivity contribution in [3.63, 3.8) is 0 Å². The van der Waals surface area contributed by atoms with Gasteiger partial charge in [-0.05, 0) is 60.6 Å². The van der Waals surface area contributed by atoms with E-state index in [0.29, 0.717) is 38.0 Å². The van der Waals surface area contributed by atoms with Crippen molar-refractivity contribution in [1.82, 2.24) is 14.6 Å². The monoisotopic (exact) mass is 403 g/mol. The molecule has 2 unspecified atom stereocenters. The van der Waals surface area contributed by atoms with Crippen molar-refractivity contribution in [2.45, 2.75) is 31.2 Å². The quantitative estimate of drug-likeness (QED) is 0.831.